The number of hydrogen-bond donors (Lipinski definition) is 1. The van der Waals surface area contributed by atoms with Gasteiger partial charge in [-0.25, -0.2) is 9.37 Å². The molecule has 7 heteroatoms. The Morgan fingerprint density at radius 3 is 2.66 bits per heavy atom. The Morgan fingerprint density at radius 1 is 1.17 bits per heavy atom. The topological polar surface area (TPSA) is 75.4 Å². The molecule has 0 aliphatic carbocycles. The maximum Gasteiger partial charge on any atom is 0.276 e. The number of halogens is 1. The summed E-state index contributed by atoms with van der Waals surface area (Å²) in [4.78, 5) is 31.0. The lowest BCUT2D eigenvalue weighted by Crippen LogP contribution is -2.43. The molecule has 0 saturated carbocycles. The Labute approximate surface area is 167 Å². The molecule has 148 valence electrons. The van der Waals surface area contributed by atoms with Crippen molar-refractivity contribution < 1.29 is 18.4 Å². The average molecular weight is 393 g/mol. The van der Waals surface area contributed by atoms with Crippen LogP contribution in [0.15, 0.2) is 59.3 Å². The minimum Gasteiger partial charge on any atom is -0.448 e. The van der Waals surface area contributed by atoms with Gasteiger partial charge in [-0.2, -0.15) is 0 Å². The van der Waals surface area contributed by atoms with Gasteiger partial charge in [0, 0.05) is 12.2 Å². The molecule has 2 amide bonds. The molecule has 1 fully saturated rings. The van der Waals surface area contributed by atoms with Crippen LogP contribution in [-0.2, 0) is 4.79 Å². The van der Waals surface area contributed by atoms with Crippen molar-refractivity contribution in [2.24, 2.45) is 0 Å². The lowest BCUT2D eigenvalue weighted by atomic mass is 10.1. The molecule has 3 aromatic rings. The molecule has 1 saturated heterocycles. The predicted octanol–water partition coefficient (Wildman–Crippen LogP) is 4.03. The van der Waals surface area contributed by atoms with Gasteiger partial charge < -0.3 is 14.6 Å². The van der Waals surface area contributed by atoms with E-state index >= 15 is 0 Å². The number of anilines is 1. The maximum absolute atomic E-state index is 13.4. The first-order valence-corrected chi connectivity index (χ1v) is 9.41. The van der Waals surface area contributed by atoms with Crippen LogP contribution >= 0.6 is 0 Å². The Hall–Kier alpha value is -3.48. The zero-order valence-electron chi connectivity index (χ0n) is 15.9. The Morgan fingerprint density at radius 2 is 1.97 bits per heavy atom. The van der Waals surface area contributed by atoms with E-state index in [1.165, 1.54) is 18.5 Å². The van der Waals surface area contributed by atoms with Crippen LogP contribution in [0.3, 0.4) is 0 Å². The van der Waals surface area contributed by atoms with Gasteiger partial charge in [0.2, 0.25) is 5.91 Å². The summed E-state index contributed by atoms with van der Waals surface area (Å²) in [6, 6.07) is 13.0. The van der Waals surface area contributed by atoms with Crippen LogP contribution in [0, 0.1) is 12.7 Å². The second kappa shape index (κ2) is 7.87. The van der Waals surface area contributed by atoms with Crippen molar-refractivity contribution in [3.8, 4) is 11.1 Å². The number of carbonyl (C=O) groups excluding carboxylic acids is 2. The van der Waals surface area contributed by atoms with Gasteiger partial charge in [-0.15, -0.1) is 0 Å². The number of oxazole rings is 1. The van der Waals surface area contributed by atoms with Gasteiger partial charge in [0.15, 0.2) is 12.1 Å². The molecule has 1 unspecified atom stereocenters. The van der Waals surface area contributed by atoms with Crippen molar-refractivity contribution >= 4 is 17.5 Å². The predicted molar refractivity (Wildman–Crippen MR) is 106 cm³/mol. The van der Waals surface area contributed by atoms with Crippen molar-refractivity contribution in [2.45, 2.75) is 25.8 Å². The minimum absolute atomic E-state index is 0.240. The highest BCUT2D eigenvalue weighted by molar-refractivity contribution is 6.01. The highest BCUT2D eigenvalue weighted by atomic mass is 19.1. The van der Waals surface area contributed by atoms with E-state index in [9.17, 15) is 14.0 Å². The molecule has 1 N–H and O–H groups in total. The third-order valence-electron chi connectivity index (χ3n) is 5.07. The minimum atomic E-state index is -0.554. The van der Waals surface area contributed by atoms with Crippen molar-refractivity contribution in [1.29, 1.82) is 0 Å². The van der Waals surface area contributed by atoms with Gasteiger partial charge >= 0.3 is 0 Å². The summed E-state index contributed by atoms with van der Waals surface area (Å²) in [6.45, 7) is 2.17. The maximum atomic E-state index is 13.4. The van der Waals surface area contributed by atoms with Gasteiger partial charge in [0.1, 0.15) is 17.6 Å². The molecule has 2 aromatic carbocycles. The second-order valence-corrected chi connectivity index (χ2v) is 6.99. The van der Waals surface area contributed by atoms with E-state index in [1.54, 1.807) is 30.0 Å². The smallest absolute Gasteiger partial charge is 0.276 e. The summed E-state index contributed by atoms with van der Waals surface area (Å²) in [5, 5.41) is 2.87. The van der Waals surface area contributed by atoms with Crippen molar-refractivity contribution in [3.63, 3.8) is 0 Å². The first-order valence-electron chi connectivity index (χ1n) is 9.41. The first kappa shape index (κ1) is 18.9. The number of benzene rings is 2. The fourth-order valence-electron chi connectivity index (χ4n) is 3.57. The summed E-state index contributed by atoms with van der Waals surface area (Å²) in [6.07, 6.45) is 2.57. The molecule has 0 spiro atoms. The lowest BCUT2D eigenvalue weighted by Gasteiger charge is -2.23. The number of nitrogens with one attached hydrogen (secondary N) is 1. The summed E-state index contributed by atoms with van der Waals surface area (Å²) in [5.74, 6) is -0.395. The van der Waals surface area contributed by atoms with Crippen molar-refractivity contribution in [3.05, 3.63) is 72.2 Å². The summed E-state index contributed by atoms with van der Waals surface area (Å²) >= 11 is 0. The number of amides is 2. The quantitative estimate of drug-likeness (QED) is 0.726. The van der Waals surface area contributed by atoms with E-state index in [4.69, 9.17) is 4.42 Å². The van der Waals surface area contributed by atoms with Gasteiger partial charge in [-0.1, -0.05) is 24.3 Å². The Kier molecular flexibility index (Phi) is 5.12. The summed E-state index contributed by atoms with van der Waals surface area (Å²) in [7, 11) is 0. The highest BCUT2D eigenvalue weighted by Gasteiger charge is 2.36. The zero-order valence-corrected chi connectivity index (χ0v) is 15.9. The molecule has 0 bridgehead atoms. The Bertz CT molecular complexity index is 1050. The molecular formula is C22H20FN3O3. The normalized spacial score (nSPS) is 16.1. The highest BCUT2D eigenvalue weighted by Crippen LogP contribution is 2.25. The number of carbonyl (C=O) groups is 2. The van der Waals surface area contributed by atoms with Crippen LogP contribution in [0.4, 0.5) is 10.1 Å². The number of aromatic nitrogens is 1. The molecule has 4 rings (SSSR count). The number of hydrogen-bond acceptors (Lipinski definition) is 4. The molecule has 1 atom stereocenters. The molecule has 1 aliphatic heterocycles. The Balaban J connectivity index is 1.46. The van der Waals surface area contributed by atoms with Crippen LogP contribution in [0.2, 0.25) is 0 Å². The van der Waals surface area contributed by atoms with Crippen LogP contribution < -0.4 is 5.32 Å². The molecule has 2 heterocycles. The number of nitrogens with zero attached hydrogens (tertiary/aromatic N) is 2. The summed E-state index contributed by atoms with van der Waals surface area (Å²) in [5.41, 5.74) is 2.47. The third-order valence-corrected chi connectivity index (χ3v) is 5.07. The molecule has 6 nitrogen and oxygen atoms in total. The van der Waals surface area contributed by atoms with E-state index in [2.05, 4.69) is 10.3 Å². The third kappa shape index (κ3) is 3.89. The standard InChI is InChI=1S/C22H20FN3O3/c1-14-20(24-13-29-14)22(28)26-11-3-6-19(26)21(27)25-18-9-7-15(8-10-18)16-4-2-5-17(23)12-16/h2,4-5,7-10,12-13,19H,3,6,11H2,1H3,(H,25,27). The fraction of sp³-hybridized carbons (Fsp3) is 0.227. The van der Waals surface area contributed by atoms with Crippen molar-refractivity contribution in [1.82, 2.24) is 9.88 Å². The van der Waals surface area contributed by atoms with Crippen molar-refractivity contribution in [2.75, 3.05) is 11.9 Å². The monoisotopic (exact) mass is 393 g/mol. The van der Waals surface area contributed by atoms with Crippen LogP contribution in [0.5, 0.6) is 0 Å². The number of aryl methyl sites for hydroxylation is 1. The lowest BCUT2D eigenvalue weighted by molar-refractivity contribution is -0.119. The summed E-state index contributed by atoms with van der Waals surface area (Å²) < 4.78 is 18.5. The average Bonchev–Trinajstić information content (AvgIpc) is 3.37. The van der Waals surface area contributed by atoms with E-state index in [0.717, 1.165) is 17.5 Å². The largest absolute Gasteiger partial charge is 0.448 e. The van der Waals surface area contributed by atoms with E-state index in [-0.39, 0.29) is 23.3 Å². The molecule has 29 heavy (non-hydrogen) atoms. The van der Waals surface area contributed by atoms with Gasteiger partial charge in [0.25, 0.3) is 5.91 Å². The fourth-order valence-corrected chi connectivity index (χ4v) is 3.57. The molecular weight excluding hydrogens is 373 g/mol. The van der Waals surface area contributed by atoms with Crippen LogP contribution in [0.25, 0.3) is 11.1 Å². The van der Waals surface area contributed by atoms with Gasteiger partial charge in [-0.3, -0.25) is 9.59 Å². The van der Waals surface area contributed by atoms with Crippen LogP contribution in [-0.4, -0.2) is 34.3 Å². The first-order chi connectivity index (χ1) is 14.0. The molecule has 1 aromatic heterocycles. The SMILES string of the molecule is Cc1ocnc1C(=O)N1CCCC1C(=O)Nc1ccc(-c2cccc(F)c2)cc1. The van der Waals surface area contributed by atoms with E-state index in [1.807, 2.05) is 18.2 Å². The molecule has 0 radical (unpaired) electrons. The van der Waals surface area contributed by atoms with Gasteiger partial charge in [0.05, 0.1) is 0 Å². The zero-order chi connectivity index (χ0) is 20.4. The number of likely N-dealkylation sites (tertiary alicyclic amines) is 1. The van der Waals surface area contributed by atoms with E-state index < -0.39 is 6.04 Å². The second-order valence-electron chi connectivity index (χ2n) is 6.99. The molecule has 1 aliphatic rings. The van der Waals surface area contributed by atoms with Gasteiger partial charge in [-0.05, 0) is 55.2 Å². The number of rotatable bonds is 4. The van der Waals surface area contributed by atoms with Crippen LogP contribution in [0.1, 0.15) is 29.1 Å². The van der Waals surface area contributed by atoms with E-state index in [0.29, 0.717) is 24.4 Å².